The quantitative estimate of drug-likeness (QED) is 0.684. The van der Waals surface area contributed by atoms with E-state index in [4.69, 9.17) is 0 Å². The smallest absolute Gasteiger partial charge is 0.259 e. The summed E-state index contributed by atoms with van der Waals surface area (Å²) in [5.41, 5.74) is 2.93. The molecule has 1 fully saturated rings. The van der Waals surface area contributed by atoms with Crippen molar-refractivity contribution in [2.45, 2.75) is 46.1 Å². The minimum Gasteiger partial charge on any atom is -0.354 e. The molecule has 1 atom stereocenters. The number of rotatable bonds is 4. The van der Waals surface area contributed by atoms with Gasteiger partial charge in [0.25, 0.3) is 5.91 Å². The van der Waals surface area contributed by atoms with Crippen LogP contribution in [0.1, 0.15) is 47.8 Å². The van der Waals surface area contributed by atoms with Gasteiger partial charge >= 0.3 is 0 Å². The second-order valence-corrected chi connectivity index (χ2v) is 7.86. The fourth-order valence-electron chi connectivity index (χ4n) is 4.05. The van der Waals surface area contributed by atoms with Crippen molar-refractivity contribution < 1.29 is 9.18 Å². The van der Waals surface area contributed by atoms with E-state index in [2.05, 4.69) is 27.2 Å². The Morgan fingerprint density at radius 1 is 1.20 bits per heavy atom. The third-order valence-corrected chi connectivity index (χ3v) is 5.72. The molecule has 7 heteroatoms. The molecule has 0 saturated carbocycles. The lowest BCUT2D eigenvalue weighted by Gasteiger charge is -2.35. The fraction of sp³-hybridized carbons (Fsp3) is 0.348. The van der Waals surface area contributed by atoms with Crippen molar-refractivity contribution in [1.82, 2.24) is 14.8 Å². The zero-order valence-corrected chi connectivity index (χ0v) is 17.5. The first-order valence-corrected chi connectivity index (χ1v) is 10.3. The molecule has 0 bridgehead atoms. The Labute approximate surface area is 175 Å². The molecule has 30 heavy (non-hydrogen) atoms. The molecule has 0 radical (unpaired) electrons. The van der Waals surface area contributed by atoms with Gasteiger partial charge in [0.15, 0.2) is 0 Å². The van der Waals surface area contributed by atoms with E-state index in [-0.39, 0.29) is 5.91 Å². The van der Waals surface area contributed by atoms with Crippen LogP contribution >= 0.6 is 0 Å². The highest BCUT2D eigenvalue weighted by molar-refractivity contribution is 6.05. The molecule has 0 aliphatic carbocycles. The maximum Gasteiger partial charge on any atom is 0.259 e. The molecule has 3 aromatic rings. The highest BCUT2D eigenvalue weighted by Gasteiger charge is 2.22. The number of benzene rings is 1. The highest BCUT2D eigenvalue weighted by atomic mass is 19.1. The SMILES string of the molecule is Cc1cc(NC(=O)c2cnn(-c3ccccc3F)c2C)cnc1N1CCCCC1C. The molecule has 1 unspecified atom stereocenters. The average Bonchev–Trinajstić information content (AvgIpc) is 3.10. The molecule has 1 amide bonds. The van der Waals surface area contributed by atoms with Gasteiger partial charge in [0.2, 0.25) is 0 Å². The van der Waals surface area contributed by atoms with Crippen molar-refractivity contribution in [1.29, 1.82) is 0 Å². The number of carbonyl (C=O) groups is 1. The number of aromatic nitrogens is 3. The summed E-state index contributed by atoms with van der Waals surface area (Å²) in [7, 11) is 0. The molecule has 1 aromatic carbocycles. The third kappa shape index (κ3) is 3.79. The number of piperidine rings is 1. The molecule has 6 nitrogen and oxygen atoms in total. The van der Waals surface area contributed by atoms with Crippen LogP contribution < -0.4 is 10.2 Å². The van der Waals surface area contributed by atoms with Gasteiger partial charge in [-0.1, -0.05) is 12.1 Å². The second kappa shape index (κ2) is 8.26. The van der Waals surface area contributed by atoms with Gasteiger partial charge in [-0.25, -0.2) is 14.1 Å². The van der Waals surface area contributed by atoms with Gasteiger partial charge in [-0.15, -0.1) is 0 Å². The summed E-state index contributed by atoms with van der Waals surface area (Å²) in [6.07, 6.45) is 6.75. The predicted molar refractivity (Wildman–Crippen MR) is 116 cm³/mol. The maximum absolute atomic E-state index is 14.1. The number of nitrogens with one attached hydrogen (secondary N) is 1. The van der Waals surface area contributed by atoms with Crippen LogP contribution in [0.25, 0.3) is 5.69 Å². The van der Waals surface area contributed by atoms with Crippen LogP contribution in [0.5, 0.6) is 0 Å². The number of hydrogen-bond acceptors (Lipinski definition) is 4. The first-order valence-electron chi connectivity index (χ1n) is 10.3. The Bertz CT molecular complexity index is 1080. The zero-order valence-electron chi connectivity index (χ0n) is 17.5. The van der Waals surface area contributed by atoms with Gasteiger partial charge in [-0.05, 0) is 63.8 Å². The summed E-state index contributed by atoms with van der Waals surface area (Å²) in [5.74, 6) is 0.289. The van der Waals surface area contributed by atoms with Crippen LogP contribution in [-0.2, 0) is 0 Å². The molecule has 1 aliphatic heterocycles. The van der Waals surface area contributed by atoms with Gasteiger partial charge in [0.05, 0.1) is 29.3 Å². The number of amides is 1. The summed E-state index contributed by atoms with van der Waals surface area (Å²) < 4.78 is 15.5. The first kappa shape index (κ1) is 20.1. The van der Waals surface area contributed by atoms with E-state index < -0.39 is 5.82 Å². The average molecular weight is 407 g/mol. The van der Waals surface area contributed by atoms with Crippen molar-refractivity contribution in [2.75, 3.05) is 16.8 Å². The molecule has 2 aromatic heterocycles. The van der Waals surface area contributed by atoms with E-state index in [0.29, 0.717) is 28.7 Å². The summed E-state index contributed by atoms with van der Waals surface area (Å²) >= 11 is 0. The topological polar surface area (TPSA) is 63.1 Å². The Kier molecular flexibility index (Phi) is 5.53. The van der Waals surface area contributed by atoms with E-state index in [1.807, 2.05) is 13.0 Å². The number of carbonyl (C=O) groups excluding carboxylic acids is 1. The molecular weight excluding hydrogens is 381 g/mol. The van der Waals surface area contributed by atoms with Crippen LogP contribution in [0.4, 0.5) is 15.9 Å². The van der Waals surface area contributed by atoms with Gasteiger partial charge in [-0.2, -0.15) is 5.10 Å². The normalized spacial score (nSPS) is 16.5. The molecule has 4 rings (SSSR count). The van der Waals surface area contributed by atoms with Gasteiger partial charge in [-0.3, -0.25) is 4.79 Å². The lowest BCUT2D eigenvalue weighted by molar-refractivity contribution is 0.102. The summed E-state index contributed by atoms with van der Waals surface area (Å²) in [4.78, 5) is 19.8. The number of para-hydroxylation sites is 1. The van der Waals surface area contributed by atoms with E-state index in [1.54, 1.807) is 31.3 Å². The lowest BCUT2D eigenvalue weighted by Crippen LogP contribution is -2.38. The number of halogens is 1. The van der Waals surface area contributed by atoms with Crippen molar-refractivity contribution in [3.63, 3.8) is 0 Å². The Morgan fingerprint density at radius 2 is 2.00 bits per heavy atom. The van der Waals surface area contributed by atoms with Crippen LogP contribution in [0.15, 0.2) is 42.7 Å². The molecule has 0 spiro atoms. The van der Waals surface area contributed by atoms with Crippen LogP contribution in [0, 0.1) is 19.7 Å². The monoisotopic (exact) mass is 407 g/mol. The van der Waals surface area contributed by atoms with Crippen LogP contribution in [-0.4, -0.2) is 33.3 Å². The minimum absolute atomic E-state index is 0.296. The molecule has 156 valence electrons. The number of nitrogens with zero attached hydrogens (tertiary/aromatic N) is 4. The van der Waals surface area contributed by atoms with Gasteiger partial charge in [0, 0.05) is 12.6 Å². The lowest BCUT2D eigenvalue weighted by atomic mass is 10.0. The Balaban J connectivity index is 1.53. The fourth-order valence-corrected chi connectivity index (χ4v) is 4.05. The van der Waals surface area contributed by atoms with Gasteiger partial charge < -0.3 is 10.2 Å². The molecule has 1 saturated heterocycles. The van der Waals surface area contributed by atoms with E-state index >= 15 is 0 Å². The zero-order chi connectivity index (χ0) is 21.3. The minimum atomic E-state index is -0.391. The van der Waals surface area contributed by atoms with Crippen LogP contribution in [0.2, 0.25) is 0 Å². The third-order valence-electron chi connectivity index (χ3n) is 5.72. The largest absolute Gasteiger partial charge is 0.354 e. The summed E-state index contributed by atoms with van der Waals surface area (Å²) in [5, 5.41) is 7.10. The van der Waals surface area contributed by atoms with Crippen molar-refractivity contribution in [2.24, 2.45) is 0 Å². The van der Waals surface area contributed by atoms with E-state index in [9.17, 15) is 9.18 Å². The van der Waals surface area contributed by atoms with Gasteiger partial charge in [0.1, 0.15) is 17.3 Å². The predicted octanol–water partition coefficient (Wildman–Crippen LogP) is 4.65. The Hall–Kier alpha value is -3.22. The molecule has 1 aliphatic rings. The summed E-state index contributed by atoms with van der Waals surface area (Å²) in [6.45, 7) is 7.00. The Morgan fingerprint density at radius 3 is 2.73 bits per heavy atom. The standard InChI is InChI=1S/C23H26FN5O/c1-15-12-18(13-25-22(15)28-11-7-6-8-16(28)2)27-23(30)19-14-26-29(17(19)3)21-10-5-4-9-20(21)24/h4-5,9-10,12-14,16H,6-8,11H2,1-3H3,(H,27,30). The van der Waals surface area contributed by atoms with Crippen molar-refractivity contribution in [3.05, 3.63) is 65.4 Å². The number of pyridine rings is 1. The number of hydrogen-bond donors (Lipinski definition) is 1. The van der Waals surface area contributed by atoms with E-state index in [0.717, 1.165) is 17.9 Å². The summed E-state index contributed by atoms with van der Waals surface area (Å²) in [6, 6.07) is 8.77. The molecule has 3 heterocycles. The van der Waals surface area contributed by atoms with Crippen LogP contribution in [0.3, 0.4) is 0 Å². The number of aryl methyl sites for hydroxylation is 1. The molecular formula is C23H26FN5O. The maximum atomic E-state index is 14.1. The highest BCUT2D eigenvalue weighted by Crippen LogP contribution is 2.27. The number of anilines is 2. The second-order valence-electron chi connectivity index (χ2n) is 7.86. The molecule has 1 N–H and O–H groups in total. The van der Waals surface area contributed by atoms with Crippen molar-refractivity contribution in [3.8, 4) is 5.69 Å². The first-order chi connectivity index (χ1) is 14.5. The van der Waals surface area contributed by atoms with Crippen molar-refractivity contribution >= 4 is 17.4 Å². The van der Waals surface area contributed by atoms with E-state index in [1.165, 1.54) is 36.2 Å².